The van der Waals surface area contributed by atoms with Crippen LogP contribution in [0.4, 0.5) is 0 Å². The molecule has 0 aromatic heterocycles. The molecular formula is C15H23O3Si. The van der Waals surface area contributed by atoms with E-state index >= 15 is 0 Å². The summed E-state index contributed by atoms with van der Waals surface area (Å²) in [7, 11) is -1.32. The molecule has 4 heteroatoms. The third-order valence-corrected chi connectivity index (χ3v) is 4.91. The van der Waals surface area contributed by atoms with Gasteiger partial charge in [-0.2, -0.15) is 4.89 Å². The van der Waals surface area contributed by atoms with Gasteiger partial charge in [0, 0.05) is 0 Å². The highest BCUT2D eigenvalue weighted by atomic mass is 28.3. The smallest absolute Gasteiger partial charge is 0.293 e. The van der Waals surface area contributed by atoms with Gasteiger partial charge in [0.1, 0.15) is 0 Å². The second-order valence-corrected chi connectivity index (χ2v) is 10.7. The van der Waals surface area contributed by atoms with Crippen molar-refractivity contribution >= 4 is 19.2 Å². The van der Waals surface area contributed by atoms with Crippen LogP contribution in [0.25, 0.3) is 0 Å². The molecule has 1 radical (unpaired) electrons. The molecule has 0 N–H and O–H groups in total. The van der Waals surface area contributed by atoms with E-state index in [1.165, 1.54) is 5.19 Å². The first-order valence-electron chi connectivity index (χ1n) is 6.68. The summed E-state index contributed by atoms with van der Waals surface area (Å²) < 4.78 is 0. The summed E-state index contributed by atoms with van der Waals surface area (Å²) in [5, 5.41) is 1.32. The van der Waals surface area contributed by atoms with Crippen LogP contribution >= 0.6 is 0 Å². The first-order valence-corrected chi connectivity index (χ1v) is 10.2. The number of rotatable bonds is 7. The Kier molecular flexibility index (Phi) is 6.25. The molecule has 0 unspecified atom stereocenters. The van der Waals surface area contributed by atoms with Gasteiger partial charge >= 0.3 is 5.97 Å². The highest BCUT2D eigenvalue weighted by Crippen LogP contribution is 2.06. The second-order valence-electron chi connectivity index (χ2n) is 5.58. The summed E-state index contributed by atoms with van der Waals surface area (Å²) in [6, 6.07) is 7.61. The Morgan fingerprint density at radius 2 is 1.79 bits per heavy atom. The molecule has 0 amide bonds. The Morgan fingerprint density at radius 3 is 2.32 bits per heavy atom. The molecule has 0 bridgehead atoms. The van der Waals surface area contributed by atoms with Crippen molar-refractivity contribution in [1.82, 2.24) is 0 Å². The van der Waals surface area contributed by atoms with Crippen LogP contribution in [0, 0.1) is 6.92 Å². The van der Waals surface area contributed by atoms with E-state index in [0.29, 0.717) is 12.2 Å². The van der Waals surface area contributed by atoms with Gasteiger partial charge in [0.2, 0.25) is 0 Å². The molecule has 1 aromatic rings. The minimum Gasteiger partial charge on any atom is -0.293 e. The van der Waals surface area contributed by atoms with Gasteiger partial charge in [-0.1, -0.05) is 56.7 Å². The van der Waals surface area contributed by atoms with Crippen LogP contribution in [0.2, 0.25) is 19.6 Å². The molecule has 0 aliphatic carbocycles. The quantitative estimate of drug-likeness (QED) is 0.332. The lowest BCUT2D eigenvalue weighted by molar-refractivity contribution is -0.241. The molecule has 0 saturated heterocycles. The molecular weight excluding hydrogens is 256 g/mol. The zero-order valence-corrected chi connectivity index (χ0v) is 13.1. The predicted molar refractivity (Wildman–Crippen MR) is 80.0 cm³/mol. The molecule has 1 aromatic carbocycles. The maximum absolute atomic E-state index is 11.7. The molecule has 0 spiro atoms. The molecule has 0 heterocycles. The lowest BCUT2D eigenvalue weighted by Crippen LogP contribution is -2.37. The fourth-order valence-electron chi connectivity index (χ4n) is 1.59. The van der Waals surface area contributed by atoms with E-state index in [1.54, 1.807) is 12.1 Å². The Labute approximate surface area is 116 Å². The van der Waals surface area contributed by atoms with Gasteiger partial charge in [0.05, 0.1) is 20.2 Å². The molecule has 1 rings (SSSR count). The first-order chi connectivity index (χ1) is 8.95. The van der Waals surface area contributed by atoms with Crippen LogP contribution < -0.4 is 5.19 Å². The Balaban J connectivity index is 2.45. The lowest BCUT2D eigenvalue weighted by atomic mass is 10.2. The summed E-state index contributed by atoms with van der Waals surface area (Å²) in [5.74, 6) is -0.434. The van der Waals surface area contributed by atoms with Gasteiger partial charge < -0.3 is 0 Å². The number of benzene rings is 1. The molecule has 0 fully saturated rings. The number of hydrogen-bond donors (Lipinski definition) is 0. The molecule has 0 saturated carbocycles. The largest absolute Gasteiger partial charge is 0.373 e. The normalized spacial score (nSPS) is 11.4. The standard InChI is InChI=1S/C15H23O3Si/c1-5-6-7-12-17-18-15(16)13-8-10-14(11-9-13)19(2,3)4/h8-11H,1,5-7,12H2,2-4H3. The highest BCUT2D eigenvalue weighted by molar-refractivity contribution is 6.88. The minimum atomic E-state index is -1.32. The first kappa shape index (κ1) is 15.9. The Bertz CT molecular complexity index is 393. The zero-order chi connectivity index (χ0) is 14.3. The van der Waals surface area contributed by atoms with Crippen LogP contribution in [0.15, 0.2) is 24.3 Å². The zero-order valence-electron chi connectivity index (χ0n) is 12.1. The van der Waals surface area contributed by atoms with Crippen molar-refractivity contribution in [2.45, 2.75) is 38.9 Å². The van der Waals surface area contributed by atoms with Crippen molar-refractivity contribution in [2.24, 2.45) is 0 Å². The maximum Gasteiger partial charge on any atom is 0.373 e. The summed E-state index contributed by atoms with van der Waals surface area (Å²) in [4.78, 5) is 21.3. The second kappa shape index (κ2) is 7.45. The molecule has 3 nitrogen and oxygen atoms in total. The summed E-state index contributed by atoms with van der Waals surface area (Å²) in [5.41, 5.74) is 0.527. The van der Waals surface area contributed by atoms with Crippen molar-refractivity contribution in [3.63, 3.8) is 0 Å². The van der Waals surface area contributed by atoms with E-state index in [9.17, 15) is 4.79 Å². The lowest BCUT2D eigenvalue weighted by Gasteiger charge is -2.16. The van der Waals surface area contributed by atoms with Gasteiger partial charge in [-0.05, 0) is 18.6 Å². The van der Waals surface area contributed by atoms with Crippen LogP contribution in [0.3, 0.4) is 0 Å². The van der Waals surface area contributed by atoms with Gasteiger partial charge in [0.15, 0.2) is 0 Å². The fourth-order valence-corrected chi connectivity index (χ4v) is 2.75. The van der Waals surface area contributed by atoms with Gasteiger partial charge in [-0.25, -0.2) is 4.79 Å². The monoisotopic (exact) mass is 279 g/mol. The Morgan fingerprint density at radius 1 is 1.16 bits per heavy atom. The minimum absolute atomic E-state index is 0.425. The van der Waals surface area contributed by atoms with Crippen molar-refractivity contribution in [2.75, 3.05) is 6.61 Å². The SMILES string of the molecule is [CH2]CCCCOOC(=O)c1ccc([Si](C)(C)C)cc1. The number of carbonyl (C=O) groups excluding carboxylic acids is 1. The van der Waals surface area contributed by atoms with E-state index in [1.807, 2.05) is 12.1 Å². The molecule has 105 valence electrons. The van der Waals surface area contributed by atoms with E-state index in [-0.39, 0.29) is 0 Å². The maximum atomic E-state index is 11.7. The van der Waals surface area contributed by atoms with Crippen molar-refractivity contribution < 1.29 is 14.6 Å². The van der Waals surface area contributed by atoms with E-state index in [4.69, 9.17) is 9.78 Å². The average molecular weight is 279 g/mol. The topological polar surface area (TPSA) is 35.5 Å². The number of carbonyl (C=O) groups is 1. The van der Waals surface area contributed by atoms with Crippen LogP contribution in [-0.2, 0) is 9.78 Å². The van der Waals surface area contributed by atoms with Gasteiger partial charge in [-0.15, -0.1) is 0 Å². The van der Waals surface area contributed by atoms with Gasteiger partial charge in [-0.3, -0.25) is 4.89 Å². The van der Waals surface area contributed by atoms with E-state index in [0.717, 1.165) is 19.3 Å². The molecule has 0 aliphatic heterocycles. The van der Waals surface area contributed by atoms with Crippen molar-refractivity contribution in [1.29, 1.82) is 0 Å². The van der Waals surface area contributed by atoms with E-state index < -0.39 is 14.0 Å². The summed E-state index contributed by atoms with van der Waals surface area (Å²) in [6.45, 7) is 11.0. The summed E-state index contributed by atoms with van der Waals surface area (Å²) >= 11 is 0. The fraction of sp³-hybridized carbons (Fsp3) is 0.467. The third-order valence-electron chi connectivity index (χ3n) is 2.85. The number of unbranched alkanes of at least 4 members (excludes halogenated alkanes) is 2. The van der Waals surface area contributed by atoms with E-state index in [2.05, 4.69) is 26.6 Å². The van der Waals surface area contributed by atoms with Crippen molar-refractivity contribution in [3.05, 3.63) is 36.8 Å². The molecule has 0 atom stereocenters. The highest BCUT2D eigenvalue weighted by Gasteiger charge is 2.17. The van der Waals surface area contributed by atoms with Crippen molar-refractivity contribution in [3.8, 4) is 0 Å². The molecule has 19 heavy (non-hydrogen) atoms. The van der Waals surface area contributed by atoms with Gasteiger partial charge in [0.25, 0.3) is 0 Å². The van der Waals surface area contributed by atoms with Crippen LogP contribution in [0.1, 0.15) is 29.6 Å². The number of hydrogen-bond acceptors (Lipinski definition) is 3. The van der Waals surface area contributed by atoms with Crippen LogP contribution in [-0.4, -0.2) is 20.7 Å². The third kappa shape index (κ3) is 5.57. The molecule has 0 aliphatic rings. The summed E-state index contributed by atoms with van der Waals surface area (Å²) in [6.07, 6.45) is 2.70. The average Bonchev–Trinajstić information content (AvgIpc) is 2.37. The predicted octanol–water partition coefficient (Wildman–Crippen LogP) is 3.32. The Hall–Kier alpha value is -1.13. The van der Waals surface area contributed by atoms with Crippen LogP contribution in [0.5, 0.6) is 0 Å².